The summed E-state index contributed by atoms with van der Waals surface area (Å²) in [6.07, 6.45) is 0.840. The topological polar surface area (TPSA) is 89.0 Å². The monoisotopic (exact) mass is 527 g/mol. The van der Waals surface area contributed by atoms with Crippen LogP contribution in [-0.2, 0) is 16.0 Å². The van der Waals surface area contributed by atoms with Gasteiger partial charge in [0.25, 0.3) is 11.8 Å². The van der Waals surface area contributed by atoms with Crippen LogP contribution in [0.4, 0.5) is 0 Å². The number of carbonyl (C=O) groups excluding carboxylic acids is 2. The maximum absolute atomic E-state index is 13.0. The van der Waals surface area contributed by atoms with Gasteiger partial charge < -0.3 is 14.8 Å². The highest BCUT2D eigenvalue weighted by Gasteiger charge is 2.25. The van der Waals surface area contributed by atoms with Crippen molar-refractivity contribution in [3.8, 4) is 11.5 Å². The fourth-order valence-corrected chi connectivity index (χ4v) is 3.73. The number of nitrogens with one attached hydrogen (secondary N) is 2. The van der Waals surface area contributed by atoms with Crippen LogP contribution in [0.5, 0.6) is 11.5 Å². The molecule has 0 radical (unpaired) electrons. The highest BCUT2D eigenvalue weighted by molar-refractivity contribution is 6.35. The Morgan fingerprint density at radius 2 is 1.69 bits per heavy atom. The van der Waals surface area contributed by atoms with E-state index in [1.807, 2.05) is 61.5 Å². The van der Waals surface area contributed by atoms with Gasteiger partial charge in [-0.3, -0.25) is 9.59 Å². The summed E-state index contributed by atoms with van der Waals surface area (Å²) in [7, 11) is 0. The number of rotatable bonds is 11. The number of halogens is 2. The standard InChI is InChI=1S/C27H27Cl2N3O4/c1-3-35-24-12-8-7-11-20(24)17-30-32-27(34)23(15-19-9-5-4-6-10-19)31-26(33)18(2)36-25-14-13-21(28)16-22(25)29/h4-14,16-18,23H,3,15H2,1-2H3,(H,31,33)(H,32,34)/b30-17-/t18-,23-/m1/s1. The molecule has 2 N–H and O–H groups in total. The van der Waals surface area contributed by atoms with E-state index in [1.54, 1.807) is 19.1 Å². The molecule has 188 valence electrons. The van der Waals surface area contributed by atoms with Crippen LogP contribution in [0.3, 0.4) is 0 Å². The second-order valence-electron chi connectivity index (χ2n) is 7.79. The van der Waals surface area contributed by atoms with Gasteiger partial charge >= 0.3 is 0 Å². The molecule has 0 heterocycles. The van der Waals surface area contributed by atoms with E-state index in [0.29, 0.717) is 28.7 Å². The van der Waals surface area contributed by atoms with Gasteiger partial charge in [0.15, 0.2) is 6.10 Å². The second kappa shape index (κ2) is 13.5. The van der Waals surface area contributed by atoms with Crippen molar-refractivity contribution in [1.82, 2.24) is 10.7 Å². The summed E-state index contributed by atoms with van der Waals surface area (Å²) in [4.78, 5) is 25.9. The zero-order chi connectivity index (χ0) is 25.9. The van der Waals surface area contributed by atoms with Crippen LogP contribution >= 0.6 is 23.2 Å². The minimum Gasteiger partial charge on any atom is -0.493 e. The molecule has 0 saturated carbocycles. The molecule has 9 heteroatoms. The van der Waals surface area contributed by atoms with E-state index in [1.165, 1.54) is 12.3 Å². The molecule has 3 aromatic carbocycles. The number of amides is 2. The van der Waals surface area contributed by atoms with E-state index in [2.05, 4.69) is 15.8 Å². The summed E-state index contributed by atoms with van der Waals surface area (Å²) in [5.74, 6) is 0.00107. The molecule has 36 heavy (non-hydrogen) atoms. The van der Waals surface area contributed by atoms with Crippen molar-refractivity contribution in [3.05, 3.63) is 94.0 Å². The minimum absolute atomic E-state index is 0.262. The maximum atomic E-state index is 13.0. The van der Waals surface area contributed by atoms with E-state index in [4.69, 9.17) is 32.7 Å². The lowest BCUT2D eigenvalue weighted by Gasteiger charge is -2.21. The SMILES string of the molecule is CCOc1ccccc1/C=N\NC(=O)[C@@H](Cc1ccccc1)NC(=O)[C@@H](C)Oc1ccc(Cl)cc1Cl. The van der Waals surface area contributed by atoms with Gasteiger partial charge in [-0.05, 0) is 49.7 Å². The number of nitrogens with zero attached hydrogens (tertiary/aromatic N) is 1. The fourth-order valence-electron chi connectivity index (χ4n) is 3.28. The first kappa shape index (κ1) is 27.0. The zero-order valence-corrected chi connectivity index (χ0v) is 21.4. The van der Waals surface area contributed by atoms with Gasteiger partial charge in [-0.1, -0.05) is 65.7 Å². The molecule has 0 spiro atoms. The molecule has 0 bridgehead atoms. The van der Waals surface area contributed by atoms with Crippen LogP contribution in [-0.4, -0.2) is 36.8 Å². The molecule has 0 saturated heterocycles. The molecule has 0 fully saturated rings. The average Bonchev–Trinajstić information content (AvgIpc) is 2.87. The number of benzene rings is 3. The maximum Gasteiger partial charge on any atom is 0.262 e. The smallest absolute Gasteiger partial charge is 0.262 e. The van der Waals surface area contributed by atoms with Crippen LogP contribution in [0.15, 0.2) is 77.9 Å². The summed E-state index contributed by atoms with van der Waals surface area (Å²) in [6.45, 7) is 3.96. The summed E-state index contributed by atoms with van der Waals surface area (Å²) < 4.78 is 11.3. The third-order valence-electron chi connectivity index (χ3n) is 5.08. The van der Waals surface area contributed by atoms with Crippen molar-refractivity contribution < 1.29 is 19.1 Å². The van der Waals surface area contributed by atoms with E-state index in [0.717, 1.165) is 5.56 Å². The van der Waals surface area contributed by atoms with Crippen molar-refractivity contribution in [3.63, 3.8) is 0 Å². The Balaban J connectivity index is 1.70. The number of ether oxygens (including phenoxy) is 2. The number of carbonyl (C=O) groups is 2. The lowest BCUT2D eigenvalue weighted by Crippen LogP contribution is -2.50. The van der Waals surface area contributed by atoms with Gasteiger partial charge in [0, 0.05) is 17.0 Å². The highest BCUT2D eigenvalue weighted by atomic mass is 35.5. The highest BCUT2D eigenvalue weighted by Crippen LogP contribution is 2.28. The fraction of sp³-hybridized carbons (Fsp3) is 0.222. The molecule has 7 nitrogen and oxygen atoms in total. The Morgan fingerprint density at radius 3 is 2.42 bits per heavy atom. The van der Waals surface area contributed by atoms with Gasteiger partial charge in [-0.25, -0.2) is 5.43 Å². The van der Waals surface area contributed by atoms with Crippen molar-refractivity contribution in [1.29, 1.82) is 0 Å². The van der Waals surface area contributed by atoms with Crippen molar-refractivity contribution >= 4 is 41.2 Å². The Kier molecular flexibility index (Phi) is 10.2. The Hall–Kier alpha value is -3.55. The molecule has 0 aliphatic rings. The first-order valence-electron chi connectivity index (χ1n) is 11.4. The summed E-state index contributed by atoms with van der Waals surface area (Å²) in [5.41, 5.74) is 4.10. The third kappa shape index (κ3) is 8.00. The van der Waals surface area contributed by atoms with Crippen LogP contribution in [0.1, 0.15) is 25.0 Å². The Morgan fingerprint density at radius 1 is 0.972 bits per heavy atom. The molecule has 3 aromatic rings. The molecule has 0 unspecified atom stereocenters. The summed E-state index contributed by atoms with van der Waals surface area (Å²) in [6, 6.07) is 20.5. The lowest BCUT2D eigenvalue weighted by atomic mass is 10.1. The Bertz CT molecular complexity index is 1200. The van der Waals surface area contributed by atoms with Gasteiger partial charge in [-0.2, -0.15) is 5.10 Å². The van der Waals surface area contributed by atoms with Crippen LogP contribution < -0.4 is 20.2 Å². The van der Waals surface area contributed by atoms with Gasteiger partial charge in [0.05, 0.1) is 17.8 Å². The van der Waals surface area contributed by atoms with E-state index in [-0.39, 0.29) is 11.4 Å². The Labute approximate surface area is 220 Å². The van der Waals surface area contributed by atoms with E-state index < -0.39 is 24.0 Å². The second-order valence-corrected chi connectivity index (χ2v) is 8.63. The van der Waals surface area contributed by atoms with Crippen molar-refractivity contribution in [2.75, 3.05) is 6.61 Å². The molecular weight excluding hydrogens is 501 g/mol. The van der Waals surface area contributed by atoms with Crippen molar-refractivity contribution in [2.24, 2.45) is 5.10 Å². The zero-order valence-electron chi connectivity index (χ0n) is 19.9. The summed E-state index contributed by atoms with van der Waals surface area (Å²) >= 11 is 12.1. The van der Waals surface area contributed by atoms with Crippen LogP contribution in [0.2, 0.25) is 10.0 Å². The summed E-state index contributed by atoms with van der Waals surface area (Å²) in [5, 5.41) is 7.55. The average molecular weight is 528 g/mol. The molecule has 0 aromatic heterocycles. The van der Waals surface area contributed by atoms with Gasteiger partial charge in [-0.15, -0.1) is 0 Å². The molecule has 2 atom stereocenters. The number of hydrogen-bond acceptors (Lipinski definition) is 5. The van der Waals surface area contributed by atoms with Crippen LogP contribution in [0, 0.1) is 0 Å². The molecule has 0 aliphatic heterocycles. The number of hydrogen-bond donors (Lipinski definition) is 2. The minimum atomic E-state index is -0.920. The lowest BCUT2D eigenvalue weighted by molar-refractivity contribution is -0.132. The molecule has 0 aliphatic carbocycles. The third-order valence-corrected chi connectivity index (χ3v) is 5.61. The molecular formula is C27H27Cl2N3O4. The molecule has 2 amide bonds. The first-order valence-corrected chi connectivity index (χ1v) is 12.1. The largest absolute Gasteiger partial charge is 0.493 e. The van der Waals surface area contributed by atoms with Gasteiger partial charge in [0.1, 0.15) is 17.5 Å². The number of hydrazone groups is 1. The quantitative estimate of drug-likeness (QED) is 0.270. The molecule has 3 rings (SSSR count). The van der Waals surface area contributed by atoms with E-state index >= 15 is 0 Å². The van der Waals surface area contributed by atoms with Crippen molar-refractivity contribution in [2.45, 2.75) is 32.4 Å². The van der Waals surface area contributed by atoms with E-state index in [9.17, 15) is 9.59 Å². The number of para-hydroxylation sites is 1. The first-order chi connectivity index (χ1) is 17.4. The predicted octanol–water partition coefficient (Wildman–Crippen LogP) is 5.04. The van der Waals surface area contributed by atoms with Crippen LogP contribution in [0.25, 0.3) is 0 Å². The predicted molar refractivity (Wildman–Crippen MR) is 142 cm³/mol. The van der Waals surface area contributed by atoms with Gasteiger partial charge in [0.2, 0.25) is 0 Å². The normalized spacial score (nSPS) is 12.6.